The first-order valence-corrected chi connectivity index (χ1v) is 7.07. The molecule has 1 atom stereocenters. The summed E-state index contributed by atoms with van der Waals surface area (Å²) in [6.45, 7) is 1.39. The molecule has 0 spiro atoms. The fourth-order valence-electron chi connectivity index (χ4n) is 1.95. The molecule has 25 heavy (non-hydrogen) atoms. The zero-order valence-corrected chi connectivity index (χ0v) is 13.3. The number of amides is 1. The second kappa shape index (κ2) is 7.56. The van der Waals surface area contributed by atoms with E-state index in [4.69, 9.17) is 9.47 Å². The Hall–Kier alpha value is -3.23. The average Bonchev–Trinajstić information content (AvgIpc) is 2.57. The summed E-state index contributed by atoms with van der Waals surface area (Å²) in [4.78, 5) is 22.4. The van der Waals surface area contributed by atoms with Crippen molar-refractivity contribution in [2.24, 2.45) is 0 Å². The molecule has 0 aliphatic carbocycles. The molecular formula is C16H14F2N2O5. The number of nitro benzene ring substituents is 1. The number of non-ortho nitro benzene ring substituents is 1. The van der Waals surface area contributed by atoms with Crippen LogP contribution in [0.2, 0.25) is 0 Å². The number of benzene rings is 2. The number of hydrogen-bond donors (Lipinski definition) is 1. The fraction of sp³-hybridized carbons (Fsp3) is 0.188. The standard InChI is InChI=1S/C16H14F2N2O5/c1-9(25-11-4-5-12(17)13(18)8-11)16(21)19-14-7-10(20(22)23)3-6-15(14)24-2/h3-9H,1-2H3,(H,19,21)/t9-/m1/s1. The van der Waals surface area contributed by atoms with E-state index in [1.807, 2.05) is 0 Å². The van der Waals surface area contributed by atoms with Gasteiger partial charge in [0.2, 0.25) is 0 Å². The van der Waals surface area contributed by atoms with Crippen molar-refractivity contribution in [3.05, 3.63) is 58.1 Å². The Morgan fingerprint density at radius 3 is 2.52 bits per heavy atom. The van der Waals surface area contributed by atoms with Gasteiger partial charge in [0.15, 0.2) is 17.7 Å². The van der Waals surface area contributed by atoms with Crippen LogP contribution in [0.25, 0.3) is 0 Å². The third-order valence-corrected chi connectivity index (χ3v) is 3.22. The van der Waals surface area contributed by atoms with Gasteiger partial charge in [0, 0.05) is 18.2 Å². The lowest BCUT2D eigenvalue weighted by Gasteiger charge is -2.16. The van der Waals surface area contributed by atoms with E-state index in [9.17, 15) is 23.7 Å². The van der Waals surface area contributed by atoms with Crippen molar-refractivity contribution in [2.75, 3.05) is 12.4 Å². The first-order chi connectivity index (χ1) is 11.8. The van der Waals surface area contributed by atoms with E-state index in [0.29, 0.717) is 0 Å². The van der Waals surface area contributed by atoms with Crippen molar-refractivity contribution in [3.8, 4) is 11.5 Å². The largest absolute Gasteiger partial charge is 0.495 e. The van der Waals surface area contributed by atoms with Gasteiger partial charge in [-0.25, -0.2) is 8.78 Å². The summed E-state index contributed by atoms with van der Waals surface area (Å²) in [7, 11) is 1.35. The monoisotopic (exact) mass is 352 g/mol. The molecule has 9 heteroatoms. The number of anilines is 1. The summed E-state index contributed by atoms with van der Waals surface area (Å²) in [6.07, 6.45) is -1.08. The molecule has 0 aromatic heterocycles. The minimum Gasteiger partial charge on any atom is -0.495 e. The van der Waals surface area contributed by atoms with Gasteiger partial charge in [-0.15, -0.1) is 0 Å². The highest BCUT2D eigenvalue weighted by atomic mass is 19.2. The van der Waals surface area contributed by atoms with E-state index in [0.717, 1.165) is 18.2 Å². The van der Waals surface area contributed by atoms with Crippen molar-refractivity contribution in [1.29, 1.82) is 0 Å². The van der Waals surface area contributed by atoms with E-state index < -0.39 is 28.6 Å². The third-order valence-electron chi connectivity index (χ3n) is 3.22. The SMILES string of the molecule is COc1ccc([N+](=O)[O-])cc1NC(=O)[C@@H](C)Oc1ccc(F)c(F)c1. The first-order valence-electron chi connectivity index (χ1n) is 7.07. The summed E-state index contributed by atoms with van der Waals surface area (Å²) in [6, 6.07) is 6.58. The van der Waals surface area contributed by atoms with Crippen LogP contribution in [0, 0.1) is 21.7 Å². The second-order valence-electron chi connectivity index (χ2n) is 4.97. The number of nitrogens with zero attached hydrogens (tertiary/aromatic N) is 1. The van der Waals surface area contributed by atoms with Gasteiger partial charge in [-0.3, -0.25) is 14.9 Å². The number of carbonyl (C=O) groups excluding carboxylic acids is 1. The maximum Gasteiger partial charge on any atom is 0.271 e. The van der Waals surface area contributed by atoms with E-state index in [-0.39, 0.29) is 22.9 Å². The first kappa shape index (κ1) is 18.1. The van der Waals surface area contributed by atoms with E-state index >= 15 is 0 Å². The summed E-state index contributed by atoms with van der Waals surface area (Å²) in [5.41, 5.74) is -0.146. The molecule has 7 nitrogen and oxygen atoms in total. The highest BCUT2D eigenvalue weighted by molar-refractivity contribution is 5.95. The highest BCUT2D eigenvalue weighted by Gasteiger charge is 2.19. The molecule has 132 valence electrons. The van der Waals surface area contributed by atoms with Gasteiger partial charge >= 0.3 is 0 Å². The lowest BCUT2D eigenvalue weighted by atomic mass is 10.2. The number of ether oxygens (including phenoxy) is 2. The predicted molar refractivity (Wildman–Crippen MR) is 84.7 cm³/mol. The van der Waals surface area contributed by atoms with E-state index in [1.165, 1.54) is 32.2 Å². The number of hydrogen-bond acceptors (Lipinski definition) is 5. The molecule has 0 aliphatic heterocycles. The molecule has 0 radical (unpaired) electrons. The average molecular weight is 352 g/mol. The van der Waals surface area contributed by atoms with Crippen LogP contribution in [-0.4, -0.2) is 24.0 Å². The number of halogens is 2. The third kappa shape index (κ3) is 4.40. The number of methoxy groups -OCH3 is 1. The molecule has 0 saturated heterocycles. The molecule has 0 unspecified atom stereocenters. The minimum atomic E-state index is -1.11. The molecule has 0 heterocycles. The van der Waals surface area contributed by atoms with Gasteiger partial charge in [0.25, 0.3) is 11.6 Å². The van der Waals surface area contributed by atoms with E-state index in [1.54, 1.807) is 0 Å². The molecule has 1 N–H and O–H groups in total. The van der Waals surface area contributed by atoms with Gasteiger partial charge in [-0.1, -0.05) is 0 Å². The van der Waals surface area contributed by atoms with Crippen molar-refractivity contribution in [3.63, 3.8) is 0 Å². The Kier molecular flexibility index (Phi) is 5.48. The molecule has 0 aliphatic rings. The van der Waals surface area contributed by atoms with Crippen LogP contribution >= 0.6 is 0 Å². The highest BCUT2D eigenvalue weighted by Crippen LogP contribution is 2.29. The zero-order valence-electron chi connectivity index (χ0n) is 13.3. The quantitative estimate of drug-likeness (QED) is 0.636. The van der Waals surface area contributed by atoms with Crippen LogP contribution in [0.15, 0.2) is 36.4 Å². The molecule has 1 amide bonds. The van der Waals surface area contributed by atoms with Crippen LogP contribution in [0.4, 0.5) is 20.2 Å². The maximum atomic E-state index is 13.2. The number of nitrogens with one attached hydrogen (secondary N) is 1. The van der Waals surface area contributed by atoms with Gasteiger partial charge < -0.3 is 14.8 Å². The normalized spacial score (nSPS) is 11.5. The molecule has 2 aromatic carbocycles. The van der Waals surface area contributed by atoms with Gasteiger partial charge in [0.05, 0.1) is 17.7 Å². The smallest absolute Gasteiger partial charge is 0.271 e. The van der Waals surface area contributed by atoms with Gasteiger partial charge in [-0.2, -0.15) is 0 Å². The molecule has 2 rings (SSSR count). The minimum absolute atomic E-state index is 0.0347. The zero-order chi connectivity index (χ0) is 18.6. The summed E-state index contributed by atoms with van der Waals surface area (Å²) in [5, 5.41) is 13.3. The Labute approximate surface area is 141 Å². The molecule has 2 aromatic rings. The molecule has 0 saturated carbocycles. The van der Waals surface area contributed by atoms with Gasteiger partial charge in [-0.05, 0) is 25.1 Å². The summed E-state index contributed by atoms with van der Waals surface area (Å²) >= 11 is 0. The lowest BCUT2D eigenvalue weighted by molar-refractivity contribution is -0.384. The topological polar surface area (TPSA) is 90.7 Å². The van der Waals surface area contributed by atoms with Crippen LogP contribution in [0.5, 0.6) is 11.5 Å². The maximum absolute atomic E-state index is 13.2. The Morgan fingerprint density at radius 1 is 1.20 bits per heavy atom. The second-order valence-corrected chi connectivity index (χ2v) is 4.97. The van der Waals surface area contributed by atoms with Crippen molar-refractivity contribution in [2.45, 2.75) is 13.0 Å². The van der Waals surface area contributed by atoms with E-state index in [2.05, 4.69) is 5.32 Å². The molecular weight excluding hydrogens is 338 g/mol. The number of carbonyl (C=O) groups is 1. The van der Waals surface area contributed by atoms with Crippen LogP contribution in [-0.2, 0) is 4.79 Å². The van der Waals surface area contributed by atoms with Crippen molar-refractivity contribution >= 4 is 17.3 Å². The van der Waals surface area contributed by atoms with Crippen LogP contribution in [0.3, 0.4) is 0 Å². The van der Waals surface area contributed by atoms with Crippen molar-refractivity contribution in [1.82, 2.24) is 0 Å². The molecule has 0 bridgehead atoms. The Morgan fingerprint density at radius 2 is 1.92 bits per heavy atom. The summed E-state index contributed by atoms with van der Waals surface area (Å²) in [5.74, 6) is -2.61. The molecule has 0 fully saturated rings. The number of nitro groups is 1. The predicted octanol–water partition coefficient (Wildman–Crippen LogP) is 3.29. The van der Waals surface area contributed by atoms with Gasteiger partial charge in [0.1, 0.15) is 11.5 Å². The van der Waals surface area contributed by atoms with Crippen LogP contribution in [0.1, 0.15) is 6.92 Å². The Balaban J connectivity index is 2.13. The summed E-state index contributed by atoms with van der Waals surface area (Å²) < 4.78 is 36.3. The van der Waals surface area contributed by atoms with Crippen molar-refractivity contribution < 1.29 is 28.0 Å². The lowest BCUT2D eigenvalue weighted by Crippen LogP contribution is -2.30. The fourth-order valence-corrected chi connectivity index (χ4v) is 1.95. The number of rotatable bonds is 6. The van der Waals surface area contributed by atoms with Crippen LogP contribution < -0.4 is 14.8 Å². The Bertz CT molecular complexity index is 813.